The number of hydrogen-bond acceptors (Lipinski definition) is 15. The standard InChI is InChI=1S/C21H27N7O11P2S/c22-21-26-18-15(19(30)27-21)25-9-28(18)20-17-16(29)13(37-20)7-35-41(33,42)38-12-6-11(36-14-1-3-23-8-24-14)5-10(12)2-4-34-40(31,32)39-17/h1,3,8-13,16-17,20,29H,2,4-7H2,(H,31,32)(H,33,42)(H3,22,26,27,30)/t10-,11+,12-,13+,16+,17+,20+,41?/m0/s1. The molecule has 2 bridgehead atoms. The minimum Gasteiger partial charge on any atom is -0.474 e. The summed E-state index contributed by atoms with van der Waals surface area (Å²) < 4.78 is 61.3. The molecule has 2 aliphatic heterocycles. The summed E-state index contributed by atoms with van der Waals surface area (Å²) in [6, 6.07) is 1.59. The van der Waals surface area contributed by atoms with E-state index in [1.54, 1.807) is 6.07 Å². The van der Waals surface area contributed by atoms with Crippen molar-refractivity contribution in [3.05, 3.63) is 35.3 Å². The number of phosphoric acid groups is 1. The Kier molecular flexibility index (Phi) is 8.16. The molecular formula is C21H27N7O11P2S. The molecule has 3 fully saturated rings. The molecule has 1 aliphatic carbocycles. The lowest BCUT2D eigenvalue weighted by molar-refractivity contribution is -0.0488. The maximum absolute atomic E-state index is 13.3. The zero-order valence-corrected chi connectivity index (χ0v) is 24.3. The van der Waals surface area contributed by atoms with Gasteiger partial charge in [0.1, 0.15) is 30.7 Å². The van der Waals surface area contributed by atoms with E-state index in [2.05, 4.69) is 37.2 Å². The monoisotopic (exact) mass is 647 g/mol. The van der Waals surface area contributed by atoms with Crippen LogP contribution in [0.3, 0.4) is 0 Å². The summed E-state index contributed by atoms with van der Waals surface area (Å²) in [5.41, 5.74) is 4.91. The first kappa shape index (κ1) is 29.6. The normalized spacial score (nSPS) is 37.7. The van der Waals surface area contributed by atoms with E-state index >= 15 is 0 Å². The number of aliphatic hydroxyl groups is 1. The number of rotatable bonds is 3. The summed E-state index contributed by atoms with van der Waals surface area (Å²) in [7, 11) is -4.78. The van der Waals surface area contributed by atoms with Crippen LogP contribution in [-0.2, 0) is 32.0 Å². The van der Waals surface area contributed by atoms with Gasteiger partial charge in [-0.3, -0.25) is 32.4 Å². The molecule has 228 valence electrons. The van der Waals surface area contributed by atoms with E-state index < -0.39 is 57.4 Å². The molecule has 3 aromatic heterocycles. The third kappa shape index (κ3) is 6.26. The van der Waals surface area contributed by atoms with Gasteiger partial charge in [-0.1, -0.05) is 12.2 Å². The Morgan fingerprint density at radius 1 is 1.19 bits per heavy atom. The molecule has 6 rings (SSSR count). The van der Waals surface area contributed by atoms with E-state index in [0.29, 0.717) is 18.7 Å². The second kappa shape index (κ2) is 11.6. The van der Waals surface area contributed by atoms with Crippen LogP contribution in [0.2, 0.25) is 0 Å². The van der Waals surface area contributed by atoms with Crippen LogP contribution in [0.1, 0.15) is 25.5 Å². The highest BCUT2D eigenvalue weighted by Gasteiger charge is 2.51. The van der Waals surface area contributed by atoms with Gasteiger partial charge in [0.2, 0.25) is 11.8 Å². The van der Waals surface area contributed by atoms with Crippen LogP contribution in [0.5, 0.6) is 5.88 Å². The molecular weight excluding hydrogens is 620 g/mol. The summed E-state index contributed by atoms with van der Waals surface area (Å²) in [6.45, 7) is -4.77. The fraction of sp³-hybridized carbons (Fsp3) is 0.571. The van der Waals surface area contributed by atoms with Gasteiger partial charge >= 0.3 is 14.6 Å². The number of H-pyrrole nitrogens is 1. The number of aromatic amines is 1. The smallest absolute Gasteiger partial charge is 0.472 e. The Morgan fingerprint density at radius 3 is 2.81 bits per heavy atom. The Hall–Kier alpha value is -2.44. The summed E-state index contributed by atoms with van der Waals surface area (Å²) in [6.07, 6.45) is -1.82. The SMILES string of the molecule is Nc1nc2c(ncn2[C@@H]2O[C@@H]3COP(=O)(S)O[C@H]4C[C@H](Oc5ccncn5)C[C@@H]4CCOP(=O)(O)O[C@@H]2[C@@H]3O)c(=O)[nH]1. The number of nitrogens with zero attached hydrogens (tertiary/aromatic N) is 5. The van der Waals surface area contributed by atoms with E-state index in [1.807, 2.05) is 0 Å². The van der Waals surface area contributed by atoms with Crippen LogP contribution in [0.15, 0.2) is 29.7 Å². The van der Waals surface area contributed by atoms with Crippen LogP contribution < -0.4 is 16.0 Å². The number of thiol groups is 1. The van der Waals surface area contributed by atoms with E-state index in [0.717, 1.165) is 0 Å². The van der Waals surface area contributed by atoms with E-state index in [-0.39, 0.29) is 42.2 Å². The maximum Gasteiger partial charge on any atom is 0.472 e. The number of nitrogens with one attached hydrogen (secondary N) is 1. The minimum atomic E-state index is -4.78. The molecule has 5 heterocycles. The number of fused-ring (bicyclic) bond motifs is 4. The molecule has 2 unspecified atom stereocenters. The van der Waals surface area contributed by atoms with Crippen molar-refractivity contribution in [2.45, 2.75) is 56.0 Å². The number of nitrogen functional groups attached to an aromatic ring is 1. The average molecular weight is 648 g/mol. The molecule has 0 amide bonds. The number of nitrogens with two attached hydrogens (primary N) is 1. The van der Waals surface area contributed by atoms with Crippen molar-refractivity contribution < 1.29 is 46.7 Å². The van der Waals surface area contributed by atoms with Crippen molar-refractivity contribution in [1.82, 2.24) is 29.5 Å². The predicted octanol–water partition coefficient (Wildman–Crippen LogP) is 0.953. The molecule has 0 aromatic carbocycles. The molecule has 9 atom stereocenters. The number of ether oxygens (including phenoxy) is 2. The van der Waals surface area contributed by atoms with Crippen LogP contribution in [0.4, 0.5) is 5.95 Å². The number of aliphatic hydroxyl groups excluding tert-OH is 1. The van der Waals surface area contributed by atoms with Crippen LogP contribution in [0.25, 0.3) is 11.2 Å². The van der Waals surface area contributed by atoms with Crippen LogP contribution >= 0.6 is 26.9 Å². The van der Waals surface area contributed by atoms with Crippen LogP contribution in [0, 0.1) is 5.92 Å². The van der Waals surface area contributed by atoms with Gasteiger partial charge in [0.15, 0.2) is 17.4 Å². The molecule has 3 aromatic rings. The second-order valence-corrected chi connectivity index (χ2v) is 14.2. The lowest BCUT2D eigenvalue weighted by Gasteiger charge is -2.26. The zero-order chi connectivity index (χ0) is 29.6. The second-order valence-electron chi connectivity index (χ2n) is 9.92. The molecule has 3 aliphatic rings. The quantitative estimate of drug-likeness (QED) is 0.196. The number of anilines is 1. The topological polar surface area (TPSA) is 245 Å². The fourth-order valence-corrected chi connectivity index (χ4v) is 7.77. The third-order valence-corrected chi connectivity index (χ3v) is 9.80. The van der Waals surface area contributed by atoms with Crippen molar-refractivity contribution in [2.75, 3.05) is 18.9 Å². The lowest BCUT2D eigenvalue weighted by Crippen LogP contribution is -2.35. The molecule has 18 nitrogen and oxygen atoms in total. The van der Waals surface area contributed by atoms with Gasteiger partial charge in [0.25, 0.3) is 5.56 Å². The molecule has 21 heteroatoms. The largest absolute Gasteiger partial charge is 0.474 e. The molecule has 0 radical (unpaired) electrons. The first-order chi connectivity index (χ1) is 20.0. The Balaban J connectivity index is 1.25. The van der Waals surface area contributed by atoms with Gasteiger partial charge in [-0.2, -0.15) is 4.98 Å². The number of hydrogen-bond donors (Lipinski definition) is 5. The Bertz CT molecular complexity index is 1600. The average Bonchev–Trinajstić information content (AvgIpc) is 3.59. The van der Waals surface area contributed by atoms with Crippen molar-refractivity contribution in [1.29, 1.82) is 0 Å². The number of aromatic nitrogens is 6. The number of imidazole rings is 1. The fourth-order valence-electron chi connectivity index (χ4n) is 5.28. The lowest BCUT2D eigenvalue weighted by atomic mass is 10.0. The summed E-state index contributed by atoms with van der Waals surface area (Å²) in [4.78, 5) is 41.1. The summed E-state index contributed by atoms with van der Waals surface area (Å²) in [5, 5.41) is 11.0. The first-order valence-electron chi connectivity index (χ1n) is 12.8. The van der Waals surface area contributed by atoms with Gasteiger partial charge in [-0.05, 0) is 18.8 Å². The van der Waals surface area contributed by atoms with Gasteiger partial charge in [-0.25, -0.2) is 24.1 Å². The van der Waals surface area contributed by atoms with Gasteiger partial charge in [0, 0.05) is 18.7 Å². The summed E-state index contributed by atoms with van der Waals surface area (Å²) >= 11 is 4.13. The molecule has 42 heavy (non-hydrogen) atoms. The minimum absolute atomic E-state index is 0.0370. The van der Waals surface area contributed by atoms with Crippen molar-refractivity contribution in [3.8, 4) is 5.88 Å². The Labute approximate surface area is 242 Å². The van der Waals surface area contributed by atoms with E-state index in [9.17, 15) is 23.9 Å². The molecule has 1 saturated carbocycles. The summed E-state index contributed by atoms with van der Waals surface area (Å²) in [5.74, 6) is -0.190. The third-order valence-electron chi connectivity index (χ3n) is 7.13. The molecule has 0 spiro atoms. The maximum atomic E-state index is 13.3. The molecule has 2 saturated heterocycles. The van der Waals surface area contributed by atoms with Crippen molar-refractivity contribution >= 4 is 44.0 Å². The van der Waals surface area contributed by atoms with Gasteiger partial charge < -0.3 is 25.2 Å². The van der Waals surface area contributed by atoms with Crippen LogP contribution in [-0.4, -0.2) is 83.2 Å². The van der Waals surface area contributed by atoms with Crippen molar-refractivity contribution in [2.24, 2.45) is 5.92 Å². The van der Waals surface area contributed by atoms with Crippen molar-refractivity contribution in [3.63, 3.8) is 0 Å². The highest BCUT2D eigenvalue weighted by molar-refractivity contribution is 8.44. The van der Waals surface area contributed by atoms with E-state index in [4.69, 9.17) is 33.3 Å². The Morgan fingerprint density at radius 2 is 2.02 bits per heavy atom. The highest BCUT2D eigenvalue weighted by Crippen LogP contribution is 2.58. The van der Waals surface area contributed by atoms with Gasteiger partial charge in [-0.15, -0.1) is 0 Å². The molecule has 5 N–H and O–H groups in total. The zero-order valence-electron chi connectivity index (χ0n) is 21.6. The van der Waals surface area contributed by atoms with E-state index in [1.165, 1.54) is 23.4 Å². The first-order valence-corrected chi connectivity index (χ1v) is 17.0. The predicted molar refractivity (Wildman–Crippen MR) is 144 cm³/mol. The highest BCUT2D eigenvalue weighted by atomic mass is 32.7. The number of phosphoric ester groups is 1. The van der Waals surface area contributed by atoms with Gasteiger partial charge in [0.05, 0.1) is 25.6 Å².